The van der Waals surface area contributed by atoms with Gasteiger partial charge < -0.3 is 19.1 Å². The van der Waals surface area contributed by atoms with Gasteiger partial charge in [-0.05, 0) is 81.7 Å². The van der Waals surface area contributed by atoms with Gasteiger partial charge in [0.05, 0.1) is 14.2 Å². The summed E-state index contributed by atoms with van der Waals surface area (Å²) in [6.07, 6.45) is 9.66. The van der Waals surface area contributed by atoms with Crippen molar-refractivity contribution < 1.29 is 14.2 Å². The summed E-state index contributed by atoms with van der Waals surface area (Å²) >= 11 is 0. The zero-order valence-corrected chi connectivity index (χ0v) is 16.8. The van der Waals surface area contributed by atoms with Crippen molar-refractivity contribution in [3.8, 4) is 11.5 Å². The SMILES string of the molecule is COC1=CCC2CCc3ccc(OC)c4c3[C@]2(CCN(C)CC2CC2)[C@@H]1O4. The molecule has 4 nitrogen and oxygen atoms in total. The fourth-order valence-electron chi connectivity index (χ4n) is 5.82. The zero-order chi connectivity index (χ0) is 18.6. The molecule has 0 saturated heterocycles. The molecule has 1 aromatic carbocycles. The van der Waals surface area contributed by atoms with E-state index in [1.807, 2.05) is 0 Å². The fraction of sp³-hybridized carbons (Fsp3) is 0.652. The van der Waals surface area contributed by atoms with E-state index in [0.717, 1.165) is 49.0 Å². The van der Waals surface area contributed by atoms with E-state index >= 15 is 0 Å². The van der Waals surface area contributed by atoms with Crippen molar-refractivity contribution >= 4 is 0 Å². The van der Waals surface area contributed by atoms with Crippen LogP contribution >= 0.6 is 0 Å². The number of nitrogens with zero attached hydrogens (tertiary/aromatic N) is 1. The zero-order valence-electron chi connectivity index (χ0n) is 16.8. The molecule has 1 unspecified atom stereocenters. The van der Waals surface area contributed by atoms with E-state index in [0.29, 0.717) is 5.92 Å². The van der Waals surface area contributed by atoms with Crippen LogP contribution in [0, 0.1) is 11.8 Å². The normalized spacial score (nSPS) is 30.6. The first kappa shape index (κ1) is 17.4. The summed E-state index contributed by atoms with van der Waals surface area (Å²) < 4.78 is 18.1. The number of allylic oxidation sites excluding steroid dienone is 1. The summed E-state index contributed by atoms with van der Waals surface area (Å²) in [5, 5.41) is 0. The van der Waals surface area contributed by atoms with Crippen molar-refractivity contribution in [1.82, 2.24) is 4.90 Å². The van der Waals surface area contributed by atoms with Gasteiger partial charge >= 0.3 is 0 Å². The molecule has 0 spiro atoms. The van der Waals surface area contributed by atoms with Gasteiger partial charge in [-0.2, -0.15) is 0 Å². The van der Waals surface area contributed by atoms with Gasteiger partial charge in [0, 0.05) is 17.5 Å². The molecule has 0 N–H and O–H groups in total. The Labute approximate surface area is 162 Å². The molecule has 0 bridgehead atoms. The third kappa shape index (κ3) is 2.60. The van der Waals surface area contributed by atoms with E-state index in [4.69, 9.17) is 14.2 Å². The second-order valence-corrected chi connectivity index (χ2v) is 8.91. The molecule has 0 amide bonds. The van der Waals surface area contributed by atoms with E-state index in [2.05, 4.69) is 30.2 Å². The highest BCUT2D eigenvalue weighted by Gasteiger charge is 2.60. The molecule has 4 heteroatoms. The predicted molar refractivity (Wildman–Crippen MR) is 105 cm³/mol. The van der Waals surface area contributed by atoms with Crippen LogP contribution < -0.4 is 9.47 Å². The Kier molecular flexibility index (Phi) is 4.15. The second kappa shape index (κ2) is 6.44. The molecule has 1 heterocycles. The van der Waals surface area contributed by atoms with Crippen LogP contribution in [0.1, 0.15) is 43.2 Å². The molecule has 1 saturated carbocycles. The van der Waals surface area contributed by atoms with Gasteiger partial charge in [0.25, 0.3) is 0 Å². The Hall–Kier alpha value is -1.68. The van der Waals surface area contributed by atoms with Crippen molar-refractivity contribution in [2.75, 3.05) is 34.4 Å². The maximum Gasteiger partial charge on any atom is 0.166 e. The monoisotopic (exact) mass is 369 g/mol. The van der Waals surface area contributed by atoms with Crippen molar-refractivity contribution in [2.45, 2.75) is 50.0 Å². The first-order valence-corrected chi connectivity index (χ1v) is 10.5. The standard InChI is InChI=1S/C23H31NO3/c1-24(14-15-4-5-15)13-12-23-17-8-6-16-7-10-18(25-2)21(20(16)23)27-22(23)19(26-3)11-9-17/h7,10-11,15,17,22H,4-6,8-9,12-14H2,1-3H3/t17?,22-,23-/m1/s1. The van der Waals surface area contributed by atoms with Crippen LogP contribution in [0.3, 0.4) is 0 Å². The van der Waals surface area contributed by atoms with Gasteiger partial charge in [0.15, 0.2) is 17.6 Å². The first-order valence-electron chi connectivity index (χ1n) is 10.5. The van der Waals surface area contributed by atoms with Crippen LogP contribution in [-0.4, -0.2) is 45.4 Å². The Morgan fingerprint density at radius 3 is 2.78 bits per heavy atom. The molecule has 4 aliphatic rings. The van der Waals surface area contributed by atoms with E-state index in [1.54, 1.807) is 14.2 Å². The van der Waals surface area contributed by atoms with Gasteiger partial charge in [0.1, 0.15) is 5.76 Å². The van der Waals surface area contributed by atoms with E-state index < -0.39 is 0 Å². The molecular weight excluding hydrogens is 338 g/mol. The Bertz CT molecular complexity index is 769. The van der Waals surface area contributed by atoms with Crippen molar-refractivity contribution in [3.63, 3.8) is 0 Å². The number of methoxy groups -OCH3 is 2. The average molecular weight is 370 g/mol. The van der Waals surface area contributed by atoms with Gasteiger partial charge in [-0.3, -0.25) is 0 Å². The maximum absolute atomic E-state index is 6.62. The number of benzene rings is 1. The number of rotatable bonds is 7. The van der Waals surface area contributed by atoms with Crippen LogP contribution in [0.2, 0.25) is 0 Å². The summed E-state index contributed by atoms with van der Waals surface area (Å²) in [5.41, 5.74) is 2.90. The molecular formula is C23H31NO3. The predicted octanol–water partition coefficient (Wildman–Crippen LogP) is 3.92. The molecule has 3 aliphatic carbocycles. The van der Waals surface area contributed by atoms with E-state index in [9.17, 15) is 0 Å². The number of ether oxygens (including phenoxy) is 3. The first-order chi connectivity index (χ1) is 13.2. The third-order valence-corrected chi connectivity index (χ3v) is 7.36. The largest absolute Gasteiger partial charge is 0.497 e. The summed E-state index contributed by atoms with van der Waals surface area (Å²) in [7, 11) is 5.81. The molecule has 3 atom stereocenters. The highest BCUT2D eigenvalue weighted by molar-refractivity contribution is 5.61. The maximum atomic E-state index is 6.62. The lowest BCUT2D eigenvalue weighted by Gasteiger charge is -2.47. The number of aryl methyl sites for hydroxylation is 1. The second-order valence-electron chi connectivity index (χ2n) is 8.91. The molecule has 146 valence electrons. The van der Waals surface area contributed by atoms with Crippen LogP contribution in [-0.2, 0) is 16.6 Å². The van der Waals surface area contributed by atoms with Crippen LogP contribution in [0.15, 0.2) is 24.0 Å². The van der Waals surface area contributed by atoms with Crippen molar-refractivity contribution in [1.29, 1.82) is 0 Å². The highest BCUT2D eigenvalue weighted by atomic mass is 16.6. The fourth-order valence-corrected chi connectivity index (χ4v) is 5.82. The summed E-state index contributed by atoms with van der Waals surface area (Å²) in [4.78, 5) is 2.53. The minimum Gasteiger partial charge on any atom is -0.497 e. The summed E-state index contributed by atoms with van der Waals surface area (Å²) in [5.74, 6) is 4.39. The molecule has 1 fully saturated rings. The topological polar surface area (TPSA) is 30.9 Å². The Morgan fingerprint density at radius 2 is 2.04 bits per heavy atom. The average Bonchev–Trinajstić information content (AvgIpc) is 3.43. The summed E-state index contributed by atoms with van der Waals surface area (Å²) in [6.45, 7) is 2.34. The molecule has 1 aromatic rings. The lowest BCUT2D eigenvalue weighted by molar-refractivity contribution is 0.0422. The molecule has 0 radical (unpaired) electrons. The van der Waals surface area contributed by atoms with Gasteiger partial charge in [-0.25, -0.2) is 0 Å². The van der Waals surface area contributed by atoms with E-state index in [-0.39, 0.29) is 11.5 Å². The minimum atomic E-state index is -0.0130. The van der Waals surface area contributed by atoms with E-state index in [1.165, 1.54) is 36.9 Å². The van der Waals surface area contributed by atoms with Gasteiger partial charge in [-0.15, -0.1) is 0 Å². The smallest absolute Gasteiger partial charge is 0.166 e. The molecule has 1 aliphatic heterocycles. The van der Waals surface area contributed by atoms with Crippen molar-refractivity contribution in [3.05, 3.63) is 35.1 Å². The lowest BCUT2D eigenvalue weighted by Crippen LogP contribution is -2.51. The number of hydrogen-bond acceptors (Lipinski definition) is 4. The Balaban J connectivity index is 1.56. The van der Waals surface area contributed by atoms with Gasteiger partial charge in [-0.1, -0.05) is 6.07 Å². The van der Waals surface area contributed by atoms with Crippen LogP contribution in [0.25, 0.3) is 0 Å². The molecule has 0 aromatic heterocycles. The van der Waals surface area contributed by atoms with Crippen LogP contribution in [0.5, 0.6) is 11.5 Å². The van der Waals surface area contributed by atoms with Crippen LogP contribution in [0.4, 0.5) is 0 Å². The summed E-state index contributed by atoms with van der Waals surface area (Å²) in [6, 6.07) is 4.34. The minimum absolute atomic E-state index is 0.0130. The third-order valence-electron chi connectivity index (χ3n) is 7.36. The van der Waals surface area contributed by atoms with Gasteiger partial charge in [0.2, 0.25) is 0 Å². The number of hydrogen-bond donors (Lipinski definition) is 0. The highest BCUT2D eigenvalue weighted by Crippen LogP contribution is 2.61. The molecule has 27 heavy (non-hydrogen) atoms. The quantitative estimate of drug-likeness (QED) is 0.729. The lowest BCUT2D eigenvalue weighted by atomic mass is 9.56. The van der Waals surface area contributed by atoms with Crippen molar-refractivity contribution in [2.24, 2.45) is 11.8 Å². The Morgan fingerprint density at radius 1 is 1.19 bits per heavy atom. The molecule has 5 rings (SSSR count).